The molecule has 1 rings (SSSR count). The van der Waals surface area contributed by atoms with Gasteiger partial charge in [-0.25, -0.2) is 0 Å². The van der Waals surface area contributed by atoms with Crippen LogP contribution in [0.2, 0.25) is 0 Å². The molecule has 0 aromatic heterocycles. The van der Waals surface area contributed by atoms with Gasteiger partial charge in [-0.2, -0.15) is 5.26 Å². The lowest BCUT2D eigenvalue weighted by Gasteiger charge is -2.04. The quantitative estimate of drug-likeness (QED) is 0.737. The zero-order valence-electron chi connectivity index (χ0n) is 8.69. The van der Waals surface area contributed by atoms with E-state index >= 15 is 0 Å². The normalized spacial score (nSPS) is 9.33. The molecular weight excluding hydrogens is 190 g/mol. The van der Waals surface area contributed by atoms with Crippen LogP contribution in [0.15, 0.2) is 24.3 Å². The number of benzene rings is 1. The van der Waals surface area contributed by atoms with Crippen LogP contribution < -0.4 is 4.74 Å². The summed E-state index contributed by atoms with van der Waals surface area (Å²) in [5.41, 5.74) is 0.585. The Hall–Kier alpha value is -1.82. The number of carbonyl (C=O) groups is 1. The SMILES string of the molecule is CCCC(=O)COc1ccc(C#N)cc1. The van der Waals surface area contributed by atoms with Crippen LogP contribution >= 0.6 is 0 Å². The van der Waals surface area contributed by atoms with Crippen molar-refractivity contribution < 1.29 is 9.53 Å². The van der Waals surface area contributed by atoms with Crippen LogP contribution in [0.25, 0.3) is 0 Å². The van der Waals surface area contributed by atoms with Crippen molar-refractivity contribution in [2.75, 3.05) is 6.61 Å². The van der Waals surface area contributed by atoms with E-state index in [0.29, 0.717) is 17.7 Å². The van der Waals surface area contributed by atoms with Crippen molar-refractivity contribution in [1.29, 1.82) is 5.26 Å². The number of hydrogen-bond acceptors (Lipinski definition) is 3. The summed E-state index contributed by atoms with van der Waals surface area (Å²) in [5, 5.41) is 8.57. The highest BCUT2D eigenvalue weighted by atomic mass is 16.5. The molecule has 0 spiro atoms. The maximum Gasteiger partial charge on any atom is 0.170 e. The van der Waals surface area contributed by atoms with Crippen LogP contribution in [0.3, 0.4) is 0 Å². The summed E-state index contributed by atoms with van der Waals surface area (Å²) in [7, 11) is 0. The number of nitriles is 1. The highest BCUT2D eigenvalue weighted by molar-refractivity contribution is 5.79. The molecule has 3 heteroatoms. The summed E-state index contributed by atoms with van der Waals surface area (Å²) in [6.07, 6.45) is 1.39. The highest BCUT2D eigenvalue weighted by Crippen LogP contribution is 2.11. The van der Waals surface area contributed by atoms with Crippen LogP contribution in [-0.4, -0.2) is 12.4 Å². The van der Waals surface area contributed by atoms with E-state index in [0.717, 1.165) is 6.42 Å². The minimum absolute atomic E-state index is 0.0989. The maximum atomic E-state index is 11.2. The van der Waals surface area contributed by atoms with E-state index in [9.17, 15) is 4.79 Å². The summed E-state index contributed by atoms with van der Waals surface area (Å²) < 4.78 is 5.26. The number of ether oxygens (including phenoxy) is 1. The first kappa shape index (κ1) is 11.3. The molecule has 0 bridgehead atoms. The van der Waals surface area contributed by atoms with Crippen LogP contribution in [-0.2, 0) is 4.79 Å². The Morgan fingerprint density at radius 1 is 1.40 bits per heavy atom. The van der Waals surface area contributed by atoms with Crippen molar-refractivity contribution in [3.05, 3.63) is 29.8 Å². The molecule has 15 heavy (non-hydrogen) atoms. The minimum Gasteiger partial charge on any atom is -0.486 e. The third-order valence-electron chi connectivity index (χ3n) is 1.91. The number of nitrogens with zero attached hydrogens (tertiary/aromatic N) is 1. The lowest BCUT2D eigenvalue weighted by molar-refractivity contribution is -0.121. The van der Waals surface area contributed by atoms with E-state index in [2.05, 4.69) is 0 Å². The Bertz CT molecular complexity index is 362. The Kier molecular flexibility index (Phi) is 4.36. The number of Topliss-reactive ketones (excluding diaryl/α,β-unsaturated/α-hetero) is 1. The number of ketones is 1. The zero-order valence-corrected chi connectivity index (χ0v) is 8.69. The molecule has 0 aliphatic rings. The third-order valence-corrected chi connectivity index (χ3v) is 1.91. The molecule has 3 nitrogen and oxygen atoms in total. The lowest BCUT2D eigenvalue weighted by Crippen LogP contribution is -2.10. The van der Waals surface area contributed by atoms with Crippen molar-refractivity contribution >= 4 is 5.78 Å². The largest absolute Gasteiger partial charge is 0.486 e. The van der Waals surface area contributed by atoms with Crippen LogP contribution in [0.4, 0.5) is 0 Å². The van der Waals surface area contributed by atoms with Gasteiger partial charge in [0.1, 0.15) is 12.4 Å². The van der Waals surface area contributed by atoms with Gasteiger partial charge in [0, 0.05) is 6.42 Å². The predicted octanol–water partition coefficient (Wildman–Crippen LogP) is 2.31. The summed E-state index contributed by atoms with van der Waals surface area (Å²) in [5.74, 6) is 0.723. The van der Waals surface area contributed by atoms with E-state index in [1.54, 1.807) is 24.3 Å². The van der Waals surface area contributed by atoms with Gasteiger partial charge in [0.2, 0.25) is 0 Å². The predicted molar refractivity (Wildman–Crippen MR) is 56.6 cm³/mol. The van der Waals surface area contributed by atoms with E-state index in [-0.39, 0.29) is 12.4 Å². The topological polar surface area (TPSA) is 50.1 Å². The Morgan fingerprint density at radius 2 is 2.07 bits per heavy atom. The van der Waals surface area contributed by atoms with Crippen LogP contribution in [0.5, 0.6) is 5.75 Å². The van der Waals surface area contributed by atoms with Crippen molar-refractivity contribution in [2.24, 2.45) is 0 Å². The van der Waals surface area contributed by atoms with Crippen molar-refractivity contribution in [3.63, 3.8) is 0 Å². The molecule has 0 aliphatic carbocycles. The first-order valence-corrected chi connectivity index (χ1v) is 4.91. The highest BCUT2D eigenvalue weighted by Gasteiger charge is 2.01. The van der Waals surface area contributed by atoms with E-state index in [1.807, 2.05) is 13.0 Å². The molecule has 0 amide bonds. The minimum atomic E-state index is 0.0989. The zero-order chi connectivity index (χ0) is 11.1. The van der Waals surface area contributed by atoms with Crippen molar-refractivity contribution in [3.8, 4) is 11.8 Å². The molecule has 0 saturated heterocycles. The average Bonchev–Trinajstić information content (AvgIpc) is 2.27. The summed E-state index contributed by atoms with van der Waals surface area (Å²) in [6.45, 7) is 2.07. The van der Waals surface area contributed by atoms with E-state index in [1.165, 1.54) is 0 Å². The van der Waals surface area contributed by atoms with Gasteiger partial charge >= 0.3 is 0 Å². The monoisotopic (exact) mass is 203 g/mol. The second-order valence-corrected chi connectivity index (χ2v) is 3.21. The van der Waals surface area contributed by atoms with Gasteiger partial charge in [0.05, 0.1) is 11.6 Å². The molecule has 1 aromatic rings. The molecule has 0 radical (unpaired) electrons. The molecule has 0 unspecified atom stereocenters. The van der Waals surface area contributed by atoms with Gasteiger partial charge in [-0.1, -0.05) is 6.92 Å². The summed E-state index contributed by atoms with van der Waals surface area (Å²) in [6, 6.07) is 8.73. The molecule has 0 saturated carbocycles. The van der Waals surface area contributed by atoms with Gasteiger partial charge in [-0.05, 0) is 30.7 Å². The molecule has 78 valence electrons. The fraction of sp³-hybridized carbons (Fsp3) is 0.333. The average molecular weight is 203 g/mol. The fourth-order valence-corrected chi connectivity index (χ4v) is 1.14. The standard InChI is InChI=1S/C12H13NO2/c1-2-3-11(14)9-15-12-6-4-10(8-13)5-7-12/h4-7H,2-3,9H2,1H3. The molecule has 0 aliphatic heterocycles. The van der Waals surface area contributed by atoms with Crippen molar-refractivity contribution in [1.82, 2.24) is 0 Å². The first-order valence-electron chi connectivity index (χ1n) is 4.91. The first-order chi connectivity index (χ1) is 7.26. The Morgan fingerprint density at radius 3 is 2.60 bits per heavy atom. The van der Waals surface area contributed by atoms with Crippen LogP contribution in [0, 0.1) is 11.3 Å². The molecule has 0 atom stereocenters. The van der Waals surface area contributed by atoms with Crippen LogP contribution in [0.1, 0.15) is 25.3 Å². The third kappa shape index (κ3) is 3.82. The second kappa shape index (κ2) is 5.82. The number of rotatable bonds is 5. The van der Waals surface area contributed by atoms with Gasteiger partial charge < -0.3 is 4.74 Å². The molecule has 0 N–H and O–H groups in total. The van der Waals surface area contributed by atoms with Gasteiger partial charge in [0.25, 0.3) is 0 Å². The number of hydrogen-bond donors (Lipinski definition) is 0. The Labute approximate surface area is 89.3 Å². The maximum absolute atomic E-state index is 11.2. The van der Waals surface area contributed by atoms with E-state index in [4.69, 9.17) is 10.00 Å². The molecular formula is C12H13NO2. The smallest absolute Gasteiger partial charge is 0.170 e. The molecule has 0 heterocycles. The van der Waals surface area contributed by atoms with Gasteiger partial charge in [-0.15, -0.1) is 0 Å². The van der Waals surface area contributed by atoms with Crippen molar-refractivity contribution in [2.45, 2.75) is 19.8 Å². The summed E-state index contributed by atoms with van der Waals surface area (Å²) in [4.78, 5) is 11.2. The fourth-order valence-electron chi connectivity index (χ4n) is 1.14. The molecule has 1 aromatic carbocycles. The van der Waals surface area contributed by atoms with E-state index < -0.39 is 0 Å². The lowest BCUT2D eigenvalue weighted by atomic mass is 10.2. The Balaban J connectivity index is 2.45. The second-order valence-electron chi connectivity index (χ2n) is 3.21. The molecule has 0 fully saturated rings. The van der Waals surface area contributed by atoms with Gasteiger partial charge in [-0.3, -0.25) is 4.79 Å². The number of carbonyl (C=O) groups excluding carboxylic acids is 1. The van der Waals surface area contributed by atoms with Gasteiger partial charge in [0.15, 0.2) is 5.78 Å². The summed E-state index contributed by atoms with van der Waals surface area (Å²) >= 11 is 0.